The molecule has 2 rings (SSSR count). The summed E-state index contributed by atoms with van der Waals surface area (Å²) in [7, 11) is 1.27. The number of thioether (sulfide) groups is 1. The van der Waals surface area contributed by atoms with Gasteiger partial charge in [-0.1, -0.05) is 12.1 Å². The first-order valence-corrected chi connectivity index (χ1v) is 6.89. The molecule has 1 N–H and O–H groups in total. The molecule has 0 aliphatic carbocycles. The van der Waals surface area contributed by atoms with Gasteiger partial charge in [-0.25, -0.2) is 4.79 Å². The number of imide groups is 1. The fourth-order valence-electron chi connectivity index (χ4n) is 1.76. The highest BCUT2D eigenvalue weighted by molar-refractivity contribution is 8.18. The molecule has 1 aliphatic rings. The molecule has 1 aromatic carbocycles. The average molecular weight is 321 g/mol. The minimum atomic E-state index is -1.26. The van der Waals surface area contributed by atoms with Crippen molar-refractivity contribution in [1.82, 2.24) is 4.90 Å². The van der Waals surface area contributed by atoms with Crippen molar-refractivity contribution in [2.24, 2.45) is 0 Å². The largest absolute Gasteiger partial charge is 0.480 e. The lowest BCUT2D eigenvalue weighted by atomic mass is 10.1. The molecule has 7 nitrogen and oxygen atoms in total. The lowest BCUT2D eigenvalue weighted by Crippen LogP contribution is -2.33. The Balaban J connectivity index is 2.19. The van der Waals surface area contributed by atoms with Crippen molar-refractivity contribution in [3.8, 4) is 0 Å². The van der Waals surface area contributed by atoms with E-state index in [0.717, 1.165) is 0 Å². The van der Waals surface area contributed by atoms with Gasteiger partial charge in [0.2, 0.25) is 0 Å². The van der Waals surface area contributed by atoms with Gasteiger partial charge in [0.05, 0.1) is 17.6 Å². The summed E-state index contributed by atoms with van der Waals surface area (Å²) in [5, 5.41) is 8.05. The predicted molar refractivity (Wildman–Crippen MR) is 78.1 cm³/mol. The molecular formula is C14H11NO6S. The maximum Gasteiger partial charge on any atom is 0.337 e. The summed E-state index contributed by atoms with van der Waals surface area (Å²) < 4.78 is 4.57. The predicted octanol–water partition coefficient (Wildman–Crippen LogP) is 1.59. The second-order valence-corrected chi connectivity index (χ2v) is 5.27. The average Bonchev–Trinajstić information content (AvgIpc) is 2.74. The maximum atomic E-state index is 12.0. The number of rotatable bonds is 4. The standard InChI is InChI=1S/C14H11NO6S/c1-21-13(19)9-4-2-8(3-5-9)6-10-12(18)15(7-11(16)17)14(20)22-10/h2-6H,7H2,1H3,(H,16,17)/b10-6+. The summed E-state index contributed by atoms with van der Waals surface area (Å²) in [6.07, 6.45) is 1.47. The van der Waals surface area contributed by atoms with Crippen LogP contribution in [-0.4, -0.2) is 46.7 Å². The van der Waals surface area contributed by atoms with Crippen LogP contribution < -0.4 is 0 Å². The summed E-state index contributed by atoms with van der Waals surface area (Å²) in [6.45, 7) is -0.663. The molecule has 0 unspecified atom stereocenters. The number of methoxy groups -OCH3 is 1. The fraction of sp³-hybridized carbons (Fsp3) is 0.143. The molecule has 22 heavy (non-hydrogen) atoms. The first-order valence-electron chi connectivity index (χ1n) is 6.08. The number of carboxylic acids is 1. The summed E-state index contributed by atoms with van der Waals surface area (Å²) in [6, 6.07) is 6.24. The van der Waals surface area contributed by atoms with Gasteiger partial charge in [0.15, 0.2) is 0 Å². The first-order chi connectivity index (χ1) is 10.4. The number of hydrogen-bond donors (Lipinski definition) is 1. The van der Waals surface area contributed by atoms with Crippen molar-refractivity contribution < 1.29 is 29.0 Å². The van der Waals surface area contributed by atoms with E-state index in [2.05, 4.69) is 4.74 Å². The summed E-state index contributed by atoms with van der Waals surface area (Å²) in [5.74, 6) is -2.38. The van der Waals surface area contributed by atoms with Crippen LogP contribution in [0.4, 0.5) is 4.79 Å². The number of esters is 1. The number of hydrogen-bond acceptors (Lipinski definition) is 6. The van der Waals surface area contributed by atoms with Gasteiger partial charge >= 0.3 is 11.9 Å². The molecule has 0 atom stereocenters. The number of amides is 2. The molecule has 2 amide bonds. The molecule has 0 aromatic heterocycles. The highest BCUT2D eigenvalue weighted by Crippen LogP contribution is 2.31. The van der Waals surface area contributed by atoms with Gasteiger partial charge in [-0.2, -0.15) is 0 Å². The topological polar surface area (TPSA) is 101 Å². The summed E-state index contributed by atoms with van der Waals surface area (Å²) >= 11 is 0.677. The van der Waals surface area contributed by atoms with E-state index in [1.54, 1.807) is 12.1 Å². The van der Waals surface area contributed by atoms with E-state index in [1.807, 2.05) is 0 Å². The van der Waals surface area contributed by atoms with E-state index < -0.39 is 29.6 Å². The molecule has 8 heteroatoms. The van der Waals surface area contributed by atoms with Crippen LogP contribution in [0.1, 0.15) is 15.9 Å². The number of nitrogens with zero attached hydrogens (tertiary/aromatic N) is 1. The molecule has 0 bridgehead atoms. The minimum absolute atomic E-state index is 0.136. The van der Waals surface area contributed by atoms with E-state index in [4.69, 9.17) is 5.11 Å². The Morgan fingerprint density at radius 2 is 1.91 bits per heavy atom. The van der Waals surface area contributed by atoms with Gasteiger partial charge in [0.25, 0.3) is 11.1 Å². The fourth-order valence-corrected chi connectivity index (χ4v) is 2.59. The normalized spacial score (nSPS) is 16.2. The Kier molecular flexibility index (Phi) is 4.62. The van der Waals surface area contributed by atoms with Gasteiger partial charge < -0.3 is 9.84 Å². The van der Waals surface area contributed by atoms with E-state index >= 15 is 0 Å². The minimum Gasteiger partial charge on any atom is -0.480 e. The molecular weight excluding hydrogens is 310 g/mol. The third-order valence-corrected chi connectivity index (χ3v) is 3.70. The zero-order valence-corrected chi connectivity index (χ0v) is 12.3. The number of carbonyl (C=O) groups excluding carboxylic acids is 3. The molecule has 0 spiro atoms. The Morgan fingerprint density at radius 1 is 1.27 bits per heavy atom. The zero-order chi connectivity index (χ0) is 16.3. The van der Waals surface area contributed by atoms with Crippen LogP contribution in [0.15, 0.2) is 29.2 Å². The zero-order valence-electron chi connectivity index (χ0n) is 11.4. The van der Waals surface area contributed by atoms with Gasteiger partial charge in [0, 0.05) is 0 Å². The Bertz CT molecular complexity index is 679. The van der Waals surface area contributed by atoms with Crippen molar-refractivity contribution in [3.05, 3.63) is 40.3 Å². The van der Waals surface area contributed by atoms with Crippen LogP contribution >= 0.6 is 11.8 Å². The number of carbonyl (C=O) groups is 4. The molecule has 1 saturated heterocycles. The van der Waals surface area contributed by atoms with Crippen molar-refractivity contribution >= 4 is 40.9 Å². The second-order valence-electron chi connectivity index (χ2n) is 4.28. The van der Waals surface area contributed by atoms with Crippen molar-refractivity contribution in [2.75, 3.05) is 13.7 Å². The van der Waals surface area contributed by atoms with Crippen LogP contribution in [-0.2, 0) is 14.3 Å². The molecule has 1 heterocycles. The molecule has 1 fully saturated rings. The summed E-state index contributed by atoms with van der Waals surface area (Å²) in [4.78, 5) is 46.3. The number of carboxylic acid groups (broad SMARTS) is 1. The van der Waals surface area contributed by atoms with Crippen molar-refractivity contribution in [1.29, 1.82) is 0 Å². The molecule has 0 saturated carbocycles. The molecule has 1 aromatic rings. The highest BCUT2D eigenvalue weighted by atomic mass is 32.2. The third kappa shape index (κ3) is 3.34. The second kappa shape index (κ2) is 6.44. The summed E-state index contributed by atoms with van der Waals surface area (Å²) in [5.41, 5.74) is 0.965. The lowest BCUT2D eigenvalue weighted by molar-refractivity contribution is -0.140. The van der Waals surface area contributed by atoms with E-state index in [9.17, 15) is 19.2 Å². The van der Waals surface area contributed by atoms with E-state index in [1.165, 1.54) is 25.3 Å². The van der Waals surface area contributed by atoms with Crippen LogP contribution in [0, 0.1) is 0 Å². The SMILES string of the molecule is COC(=O)c1ccc(/C=C2/SC(=O)N(CC(=O)O)C2=O)cc1. The molecule has 1 aliphatic heterocycles. The van der Waals surface area contributed by atoms with Crippen molar-refractivity contribution in [3.63, 3.8) is 0 Å². The Labute approximate surface area is 129 Å². The number of benzene rings is 1. The van der Waals surface area contributed by atoms with Crippen LogP contribution in [0.5, 0.6) is 0 Å². The third-order valence-electron chi connectivity index (χ3n) is 2.80. The molecule has 114 valence electrons. The van der Waals surface area contributed by atoms with Gasteiger partial charge in [-0.15, -0.1) is 0 Å². The van der Waals surface area contributed by atoms with Crippen LogP contribution in [0.2, 0.25) is 0 Å². The Hall–Kier alpha value is -2.61. The van der Waals surface area contributed by atoms with Crippen LogP contribution in [0.25, 0.3) is 6.08 Å². The maximum absolute atomic E-state index is 12.0. The van der Waals surface area contributed by atoms with Crippen LogP contribution in [0.3, 0.4) is 0 Å². The Morgan fingerprint density at radius 3 is 2.45 bits per heavy atom. The van der Waals surface area contributed by atoms with E-state index in [-0.39, 0.29) is 4.91 Å². The molecule has 0 radical (unpaired) electrons. The van der Waals surface area contributed by atoms with E-state index in [0.29, 0.717) is 27.8 Å². The number of aliphatic carboxylic acids is 1. The quantitative estimate of drug-likeness (QED) is 0.664. The van der Waals surface area contributed by atoms with Gasteiger partial charge in [-0.3, -0.25) is 19.3 Å². The van der Waals surface area contributed by atoms with Gasteiger partial charge in [0.1, 0.15) is 6.54 Å². The monoisotopic (exact) mass is 321 g/mol. The first kappa shape index (κ1) is 15.8. The van der Waals surface area contributed by atoms with Crippen molar-refractivity contribution in [2.45, 2.75) is 0 Å². The smallest absolute Gasteiger partial charge is 0.337 e. The van der Waals surface area contributed by atoms with Gasteiger partial charge in [-0.05, 0) is 35.5 Å². The number of ether oxygens (including phenoxy) is 1. The lowest BCUT2D eigenvalue weighted by Gasteiger charge is -2.07. The highest BCUT2D eigenvalue weighted by Gasteiger charge is 2.36.